The van der Waals surface area contributed by atoms with Crippen LogP contribution >= 0.6 is 0 Å². The van der Waals surface area contributed by atoms with Crippen LogP contribution in [-0.2, 0) is 12.8 Å². The first-order valence-corrected chi connectivity index (χ1v) is 12.7. The van der Waals surface area contributed by atoms with E-state index in [4.69, 9.17) is 10.5 Å². The number of nitriles is 2. The van der Waals surface area contributed by atoms with Gasteiger partial charge in [-0.05, 0) is 74.9 Å². The Kier molecular flexibility index (Phi) is 8.41. The Bertz CT molecular complexity index is 1840. The van der Waals surface area contributed by atoms with E-state index in [2.05, 4.69) is 12.1 Å². The second-order valence-corrected chi connectivity index (χ2v) is 10.1. The van der Waals surface area contributed by atoms with Crippen molar-refractivity contribution < 1.29 is 19.8 Å². The van der Waals surface area contributed by atoms with Crippen LogP contribution in [0.2, 0.25) is 0 Å². The van der Waals surface area contributed by atoms with E-state index >= 15 is 0 Å². The minimum atomic E-state index is -1.47. The zero-order valence-electron chi connectivity index (χ0n) is 22.4. The quantitative estimate of drug-likeness (QED) is 0.320. The van der Waals surface area contributed by atoms with E-state index in [0.29, 0.717) is 45.8 Å². The second-order valence-electron chi connectivity index (χ2n) is 10.1. The molecule has 0 saturated carbocycles. The summed E-state index contributed by atoms with van der Waals surface area (Å²) >= 11 is 0. The van der Waals surface area contributed by atoms with E-state index in [9.17, 15) is 29.4 Å². The molecular formula is C30H22CaN4O6. The smallest absolute Gasteiger partial charge is 0.545 e. The van der Waals surface area contributed by atoms with Gasteiger partial charge >= 0.3 is 37.7 Å². The molecule has 0 aliphatic carbocycles. The number of hydrogen-bond acceptors (Lipinski definition) is 8. The van der Waals surface area contributed by atoms with Gasteiger partial charge in [-0.3, -0.25) is 9.59 Å². The number of nitrogens with zero attached hydrogens (tertiary/aromatic N) is 4. The number of rotatable bonds is 2. The number of carboxylic acid groups (broad SMARTS) is 2. The fraction of sp³-hybridized carbons (Fsp3) is 0.267. The van der Waals surface area contributed by atoms with Gasteiger partial charge in [0, 0.05) is 35.2 Å². The monoisotopic (exact) mass is 574 g/mol. The standard InChI is InChI=1S/2C15H12N2O3.Ca/c2*1-8-2-4-10-9(6-16)3-5-11-13(10)17(8)7-12(14(11)18)15(19)20;/h2*3,5,7-8H,2,4H2,1H3,(H,19,20);/q;;+2/p-2. The average molecular weight is 575 g/mol. The Morgan fingerprint density at radius 3 is 1.44 bits per heavy atom. The summed E-state index contributed by atoms with van der Waals surface area (Å²) in [6, 6.07) is 10.6. The van der Waals surface area contributed by atoms with Crippen LogP contribution in [0.4, 0.5) is 0 Å². The van der Waals surface area contributed by atoms with Gasteiger partial charge in [0.15, 0.2) is 10.9 Å². The van der Waals surface area contributed by atoms with Gasteiger partial charge in [-0.2, -0.15) is 10.5 Å². The molecule has 2 aromatic heterocycles. The number of pyridine rings is 2. The van der Waals surface area contributed by atoms with E-state index in [1.54, 1.807) is 21.3 Å². The number of hydrogen-bond donors (Lipinski definition) is 0. The molecule has 4 heterocycles. The van der Waals surface area contributed by atoms with Gasteiger partial charge in [0.2, 0.25) is 0 Å². The summed E-state index contributed by atoms with van der Waals surface area (Å²) in [4.78, 5) is 46.6. The van der Waals surface area contributed by atoms with Gasteiger partial charge in [0.05, 0.1) is 57.4 Å². The van der Waals surface area contributed by atoms with Crippen LogP contribution in [-0.4, -0.2) is 58.8 Å². The first-order valence-electron chi connectivity index (χ1n) is 12.7. The number of carbonyl (C=O) groups excluding carboxylic acids is 2. The zero-order chi connectivity index (χ0) is 28.9. The van der Waals surface area contributed by atoms with Crippen LogP contribution in [0, 0.1) is 22.7 Å². The molecule has 0 spiro atoms. The third-order valence-corrected chi connectivity index (χ3v) is 7.85. The first kappa shape index (κ1) is 30.0. The van der Waals surface area contributed by atoms with E-state index in [1.807, 2.05) is 13.8 Å². The minimum absolute atomic E-state index is 0. The van der Waals surface area contributed by atoms with Crippen molar-refractivity contribution in [1.29, 1.82) is 10.5 Å². The van der Waals surface area contributed by atoms with Crippen LogP contribution < -0.4 is 21.1 Å². The van der Waals surface area contributed by atoms with Crippen LogP contribution in [0.15, 0.2) is 46.2 Å². The SMILES string of the molecule is CC1CCc2c(C#N)ccc3c(=O)c(C(=O)[O-])cn1c23.CC1CCc2c(C#N)ccc3c(=O)c(C(=O)[O-])cn1c23.[Ca+2]. The summed E-state index contributed by atoms with van der Waals surface area (Å²) in [5.41, 5.74) is 2.33. The third kappa shape index (κ3) is 4.93. The number of carboxylic acids is 2. The van der Waals surface area contributed by atoms with E-state index in [0.717, 1.165) is 24.0 Å². The minimum Gasteiger partial charge on any atom is -0.545 e. The van der Waals surface area contributed by atoms with E-state index in [-0.39, 0.29) is 60.9 Å². The van der Waals surface area contributed by atoms with Crippen molar-refractivity contribution in [2.45, 2.75) is 51.6 Å². The van der Waals surface area contributed by atoms with Crippen molar-refractivity contribution in [3.8, 4) is 12.1 Å². The Morgan fingerprint density at radius 2 is 1.12 bits per heavy atom. The Balaban J connectivity index is 0.000000184. The van der Waals surface area contributed by atoms with Crippen molar-refractivity contribution in [2.75, 3.05) is 0 Å². The second kappa shape index (κ2) is 11.5. The maximum absolute atomic E-state index is 12.2. The molecule has 10 nitrogen and oxygen atoms in total. The molecule has 0 N–H and O–H groups in total. The predicted octanol–water partition coefficient (Wildman–Crippen LogP) is 1.11. The van der Waals surface area contributed by atoms with Gasteiger partial charge < -0.3 is 28.9 Å². The molecule has 2 aromatic carbocycles. The number of aromatic nitrogens is 2. The largest absolute Gasteiger partial charge is 2.00 e. The van der Waals surface area contributed by atoms with Gasteiger partial charge in [-0.15, -0.1) is 0 Å². The summed E-state index contributed by atoms with van der Waals surface area (Å²) in [5.74, 6) is -2.94. The maximum Gasteiger partial charge on any atom is 2.00 e. The summed E-state index contributed by atoms with van der Waals surface area (Å²) in [7, 11) is 0. The van der Waals surface area contributed by atoms with Crippen molar-refractivity contribution in [3.05, 3.63) is 90.5 Å². The normalized spacial score (nSPS) is 16.5. The van der Waals surface area contributed by atoms with Crippen LogP contribution in [0.25, 0.3) is 21.8 Å². The predicted molar refractivity (Wildman–Crippen MR) is 146 cm³/mol. The van der Waals surface area contributed by atoms with Crippen LogP contribution in [0.5, 0.6) is 0 Å². The Hall–Kier alpha value is -3.96. The Labute approximate surface area is 263 Å². The number of aromatic carboxylic acids is 2. The first-order chi connectivity index (χ1) is 19.1. The van der Waals surface area contributed by atoms with Crippen molar-refractivity contribution in [1.82, 2.24) is 9.13 Å². The van der Waals surface area contributed by atoms with Crippen molar-refractivity contribution in [3.63, 3.8) is 0 Å². The summed E-state index contributed by atoms with van der Waals surface area (Å²) in [6.45, 7) is 3.93. The summed E-state index contributed by atoms with van der Waals surface area (Å²) < 4.78 is 3.56. The molecule has 2 aliphatic heterocycles. The molecule has 200 valence electrons. The van der Waals surface area contributed by atoms with Crippen LogP contribution in [0.3, 0.4) is 0 Å². The molecule has 2 atom stereocenters. The molecule has 2 aliphatic rings. The molecule has 4 aromatic rings. The molecule has 11 heteroatoms. The molecule has 6 rings (SSSR count). The molecule has 0 saturated heterocycles. The molecular weight excluding hydrogens is 552 g/mol. The summed E-state index contributed by atoms with van der Waals surface area (Å²) in [6.07, 6.45) is 5.71. The molecule has 0 fully saturated rings. The average Bonchev–Trinajstić information content (AvgIpc) is 2.94. The van der Waals surface area contributed by atoms with Crippen LogP contribution in [0.1, 0.15) is 81.7 Å². The van der Waals surface area contributed by atoms with Gasteiger partial charge in [0.1, 0.15) is 0 Å². The van der Waals surface area contributed by atoms with Gasteiger partial charge in [-0.1, -0.05) is 0 Å². The van der Waals surface area contributed by atoms with Gasteiger partial charge in [0.25, 0.3) is 0 Å². The summed E-state index contributed by atoms with van der Waals surface area (Å²) in [5, 5.41) is 41.2. The molecule has 0 radical (unpaired) electrons. The van der Waals surface area contributed by atoms with E-state index in [1.165, 1.54) is 24.5 Å². The fourth-order valence-electron chi connectivity index (χ4n) is 5.73. The zero-order valence-corrected chi connectivity index (χ0v) is 24.6. The van der Waals surface area contributed by atoms with E-state index < -0.39 is 22.8 Å². The molecule has 2 unspecified atom stereocenters. The Morgan fingerprint density at radius 1 is 0.756 bits per heavy atom. The topological polar surface area (TPSA) is 172 Å². The number of aryl methyl sites for hydroxylation is 2. The molecule has 0 amide bonds. The van der Waals surface area contributed by atoms with Crippen molar-refractivity contribution >= 4 is 71.5 Å². The molecule has 0 bridgehead atoms. The number of carbonyl (C=O) groups is 2. The fourth-order valence-corrected chi connectivity index (χ4v) is 5.73. The number of benzene rings is 2. The van der Waals surface area contributed by atoms with Gasteiger partial charge in [-0.25, -0.2) is 0 Å². The third-order valence-electron chi connectivity index (χ3n) is 7.85. The molecule has 41 heavy (non-hydrogen) atoms. The van der Waals surface area contributed by atoms with Crippen molar-refractivity contribution in [2.24, 2.45) is 0 Å². The maximum atomic E-state index is 12.2.